The first-order valence-corrected chi connectivity index (χ1v) is 8.76. The smallest absolute Gasteiger partial charge is 0.224 e. The van der Waals surface area contributed by atoms with Crippen LogP contribution < -0.4 is 14.8 Å². The standard InChI is InChI=1S/C18H26N2O4/c21-18(19-5-1-2-6-20-7-9-22-10-8-20)14-15-3-4-16-17(13-15)24-12-11-23-16/h3-4,13H,1-2,5-12,14H2,(H,19,21). The highest BCUT2D eigenvalue weighted by atomic mass is 16.6. The predicted molar refractivity (Wildman–Crippen MR) is 90.6 cm³/mol. The van der Waals surface area contributed by atoms with Gasteiger partial charge < -0.3 is 19.5 Å². The van der Waals surface area contributed by atoms with Gasteiger partial charge in [-0.25, -0.2) is 0 Å². The topological polar surface area (TPSA) is 60.0 Å². The van der Waals surface area contributed by atoms with Gasteiger partial charge in [-0.1, -0.05) is 6.07 Å². The number of carbonyl (C=O) groups excluding carboxylic acids is 1. The van der Waals surface area contributed by atoms with Crippen LogP contribution in [0.4, 0.5) is 0 Å². The van der Waals surface area contributed by atoms with Crippen molar-refractivity contribution in [3.05, 3.63) is 23.8 Å². The lowest BCUT2D eigenvalue weighted by molar-refractivity contribution is -0.120. The maximum Gasteiger partial charge on any atom is 0.224 e. The van der Waals surface area contributed by atoms with Crippen LogP contribution in [0.1, 0.15) is 18.4 Å². The number of morpholine rings is 1. The molecule has 0 saturated carbocycles. The highest BCUT2D eigenvalue weighted by molar-refractivity contribution is 5.78. The number of amides is 1. The van der Waals surface area contributed by atoms with E-state index in [-0.39, 0.29) is 5.91 Å². The summed E-state index contributed by atoms with van der Waals surface area (Å²) in [7, 11) is 0. The van der Waals surface area contributed by atoms with Crippen molar-refractivity contribution >= 4 is 5.91 Å². The van der Waals surface area contributed by atoms with E-state index in [0.717, 1.165) is 69.3 Å². The monoisotopic (exact) mass is 334 g/mol. The van der Waals surface area contributed by atoms with E-state index < -0.39 is 0 Å². The number of unbranched alkanes of at least 4 members (excludes halogenated alkanes) is 1. The van der Waals surface area contributed by atoms with Crippen LogP contribution >= 0.6 is 0 Å². The van der Waals surface area contributed by atoms with E-state index in [1.54, 1.807) is 0 Å². The van der Waals surface area contributed by atoms with Crippen molar-refractivity contribution in [3.63, 3.8) is 0 Å². The molecule has 1 aromatic rings. The minimum Gasteiger partial charge on any atom is -0.486 e. The molecule has 1 N–H and O–H groups in total. The van der Waals surface area contributed by atoms with Crippen molar-refractivity contribution in [2.45, 2.75) is 19.3 Å². The number of benzene rings is 1. The van der Waals surface area contributed by atoms with E-state index in [1.807, 2.05) is 18.2 Å². The van der Waals surface area contributed by atoms with Crippen LogP contribution in [0.15, 0.2) is 18.2 Å². The Labute approximate surface area is 143 Å². The number of hydrogen-bond donors (Lipinski definition) is 1. The summed E-state index contributed by atoms with van der Waals surface area (Å²) < 4.78 is 16.4. The van der Waals surface area contributed by atoms with Crippen molar-refractivity contribution in [2.75, 3.05) is 52.6 Å². The average molecular weight is 334 g/mol. The third-order valence-corrected chi connectivity index (χ3v) is 4.30. The molecule has 1 amide bonds. The number of hydrogen-bond acceptors (Lipinski definition) is 5. The first-order valence-electron chi connectivity index (χ1n) is 8.76. The zero-order valence-corrected chi connectivity index (χ0v) is 14.1. The number of nitrogens with zero attached hydrogens (tertiary/aromatic N) is 1. The van der Waals surface area contributed by atoms with E-state index in [1.165, 1.54) is 0 Å². The van der Waals surface area contributed by atoms with Crippen molar-refractivity contribution in [1.82, 2.24) is 10.2 Å². The van der Waals surface area contributed by atoms with Crippen LogP contribution in [0.25, 0.3) is 0 Å². The van der Waals surface area contributed by atoms with Gasteiger partial charge in [0.1, 0.15) is 13.2 Å². The Hall–Kier alpha value is -1.79. The molecule has 2 aliphatic rings. The number of ether oxygens (including phenoxy) is 3. The maximum atomic E-state index is 12.0. The van der Waals surface area contributed by atoms with Gasteiger partial charge in [-0.3, -0.25) is 9.69 Å². The largest absolute Gasteiger partial charge is 0.486 e. The summed E-state index contributed by atoms with van der Waals surface area (Å²) in [5, 5.41) is 2.99. The molecule has 0 aliphatic carbocycles. The van der Waals surface area contributed by atoms with Crippen LogP contribution in [0.5, 0.6) is 11.5 Å². The van der Waals surface area contributed by atoms with Gasteiger partial charge in [-0.05, 0) is 37.1 Å². The number of rotatable bonds is 7. The molecule has 6 nitrogen and oxygen atoms in total. The molecule has 0 radical (unpaired) electrons. The van der Waals surface area contributed by atoms with Crippen LogP contribution in [-0.4, -0.2) is 63.4 Å². The van der Waals surface area contributed by atoms with Gasteiger partial charge in [0.05, 0.1) is 19.6 Å². The summed E-state index contributed by atoms with van der Waals surface area (Å²) >= 11 is 0. The van der Waals surface area contributed by atoms with E-state index >= 15 is 0 Å². The Morgan fingerprint density at radius 2 is 1.83 bits per heavy atom. The third-order valence-electron chi connectivity index (χ3n) is 4.30. The molecule has 2 aliphatic heterocycles. The molecular weight excluding hydrogens is 308 g/mol. The summed E-state index contributed by atoms with van der Waals surface area (Å²) in [6.45, 7) is 6.68. The minimum atomic E-state index is 0.0538. The SMILES string of the molecule is O=C(Cc1ccc2c(c1)OCCO2)NCCCCN1CCOCC1. The lowest BCUT2D eigenvalue weighted by Gasteiger charge is -2.26. The van der Waals surface area contributed by atoms with E-state index in [9.17, 15) is 4.79 Å². The Morgan fingerprint density at radius 1 is 1.04 bits per heavy atom. The molecule has 2 heterocycles. The fourth-order valence-corrected chi connectivity index (χ4v) is 2.96. The normalized spacial score (nSPS) is 17.5. The van der Waals surface area contributed by atoms with Crippen molar-refractivity contribution in [2.24, 2.45) is 0 Å². The number of nitrogens with one attached hydrogen (secondary N) is 1. The molecule has 6 heteroatoms. The molecule has 0 spiro atoms. The van der Waals surface area contributed by atoms with E-state index in [2.05, 4.69) is 10.2 Å². The molecule has 0 atom stereocenters. The average Bonchev–Trinajstić information content (AvgIpc) is 2.62. The van der Waals surface area contributed by atoms with Gasteiger partial charge in [0.15, 0.2) is 11.5 Å². The molecule has 0 bridgehead atoms. The lowest BCUT2D eigenvalue weighted by Crippen LogP contribution is -2.37. The molecule has 1 saturated heterocycles. The van der Waals surface area contributed by atoms with Crippen molar-refractivity contribution in [3.8, 4) is 11.5 Å². The van der Waals surface area contributed by atoms with Crippen LogP contribution in [0, 0.1) is 0 Å². The molecule has 0 aromatic heterocycles. The van der Waals surface area contributed by atoms with E-state index in [4.69, 9.17) is 14.2 Å². The maximum absolute atomic E-state index is 12.0. The summed E-state index contributed by atoms with van der Waals surface area (Å²) in [5.74, 6) is 1.55. The first kappa shape index (κ1) is 17.0. The fourth-order valence-electron chi connectivity index (χ4n) is 2.96. The third kappa shape index (κ3) is 5.11. The molecule has 24 heavy (non-hydrogen) atoms. The Morgan fingerprint density at radius 3 is 2.67 bits per heavy atom. The molecule has 1 aromatic carbocycles. The molecule has 3 rings (SSSR count). The summed E-state index contributed by atoms with van der Waals surface area (Å²) in [5.41, 5.74) is 0.949. The molecule has 132 valence electrons. The Kier molecular flexibility index (Phi) is 6.32. The second-order valence-corrected chi connectivity index (χ2v) is 6.17. The van der Waals surface area contributed by atoms with Gasteiger partial charge >= 0.3 is 0 Å². The summed E-state index contributed by atoms with van der Waals surface area (Å²) in [6.07, 6.45) is 2.48. The van der Waals surface area contributed by atoms with Crippen LogP contribution in [0.2, 0.25) is 0 Å². The van der Waals surface area contributed by atoms with Crippen molar-refractivity contribution < 1.29 is 19.0 Å². The van der Waals surface area contributed by atoms with Gasteiger partial charge in [-0.15, -0.1) is 0 Å². The Balaban J connectivity index is 1.32. The zero-order valence-electron chi connectivity index (χ0n) is 14.1. The van der Waals surface area contributed by atoms with Gasteiger partial charge in [0.2, 0.25) is 5.91 Å². The van der Waals surface area contributed by atoms with Crippen LogP contribution in [-0.2, 0) is 16.0 Å². The molecule has 1 fully saturated rings. The first-order chi connectivity index (χ1) is 11.8. The van der Waals surface area contributed by atoms with E-state index in [0.29, 0.717) is 19.6 Å². The number of carbonyl (C=O) groups is 1. The second-order valence-electron chi connectivity index (χ2n) is 6.17. The zero-order chi connectivity index (χ0) is 16.6. The lowest BCUT2D eigenvalue weighted by atomic mass is 10.1. The molecule has 0 unspecified atom stereocenters. The summed E-state index contributed by atoms with van der Waals surface area (Å²) in [4.78, 5) is 14.5. The van der Waals surface area contributed by atoms with Gasteiger partial charge in [0.25, 0.3) is 0 Å². The quantitative estimate of drug-likeness (QED) is 0.760. The minimum absolute atomic E-state index is 0.0538. The predicted octanol–water partition coefficient (Wildman–Crippen LogP) is 1.23. The highest BCUT2D eigenvalue weighted by Crippen LogP contribution is 2.30. The fraction of sp³-hybridized carbons (Fsp3) is 0.611. The van der Waals surface area contributed by atoms with Crippen LogP contribution in [0.3, 0.4) is 0 Å². The second kappa shape index (κ2) is 8.89. The highest BCUT2D eigenvalue weighted by Gasteiger charge is 2.13. The Bertz CT molecular complexity index is 544. The van der Waals surface area contributed by atoms with Gasteiger partial charge in [-0.2, -0.15) is 0 Å². The number of fused-ring (bicyclic) bond motifs is 1. The van der Waals surface area contributed by atoms with Gasteiger partial charge in [0, 0.05) is 19.6 Å². The van der Waals surface area contributed by atoms with Crippen molar-refractivity contribution in [1.29, 1.82) is 0 Å². The summed E-state index contributed by atoms with van der Waals surface area (Å²) in [6, 6.07) is 5.69. The molecular formula is C18H26N2O4.